The summed E-state index contributed by atoms with van der Waals surface area (Å²) in [6, 6.07) is -1.09. The van der Waals surface area contributed by atoms with E-state index in [-0.39, 0.29) is 25.2 Å². The van der Waals surface area contributed by atoms with Gasteiger partial charge in [-0.15, -0.1) is 0 Å². The Bertz CT molecular complexity index is 1130. The maximum absolute atomic E-state index is 13.3. The van der Waals surface area contributed by atoms with Gasteiger partial charge in [0.2, 0.25) is 5.91 Å². The quantitative estimate of drug-likeness (QED) is 0.0318. The molecule has 13 atom stereocenters. The van der Waals surface area contributed by atoms with Crippen molar-refractivity contribution in [2.45, 2.75) is 293 Å². The summed E-state index contributed by atoms with van der Waals surface area (Å²) in [4.78, 5) is 13.3. The molecule has 2 heterocycles. The number of carbonyl (C=O) groups is 1. The maximum Gasteiger partial charge on any atom is 0.220 e. The minimum absolute atomic E-state index is 0.0675. The van der Waals surface area contributed by atoms with Crippen molar-refractivity contribution in [3.05, 3.63) is 0 Å². The number of nitrogens with one attached hydrogen (secondary N) is 1. The average Bonchev–Trinajstić information content (AvgIpc) is 3.30. The van der Waals surface area contributed by atoms with Crippen molar-refractivity contribution in [1.29, 1.82) is 0 Å². The van der Waals surface area contributed by atoms with Gasteiger partial charge in [-0.1, -0.05) is 181 Å². The monoisotopic (exact) mass is 936 g/mol. The lowest BCUT2D eigenvalue weighted by Gasteiger charge is -2.45. The minimum atomic E-state index is -1.69. The van der Waals surface area contributed by atoms with E-state index in [0.717, 1.165) is 38.5 Å². The van der Waals surface area contributed by atoms with Gasteiger partial charge in [0.25, 0.3) is 0 Å². The van der Waals surface area contributed by atoms with Gasteiger partial charge in [-0.3, -0.25) is 4.79 Å². The molecular formula is C50H97NO14. The average molecular weight is 936 g/mol. The lowest BCUT2D eigenvalue weighted by Crippen LogP contribution is -2.62. The van der Waals surface area contributed by atoms with Gasteiger partial charge in [0.15, 0.2) is 12.6 Å². The van der Waals surface area contributed by atoms with E-state index in [1.807, 2.05) is 0 Å². The number of hydrogen-bond donors (Lipinski definition) is 10. The van der Waals surface area contributed by atoms with Crippen LogP contribution >= 0.6 is 0 Å². The molecule has 0 aliphatic carbocycles. The van der Waals surface area contributed by atoms with E-state index in [2.05, 4.69) is 19.2 Å². The van der Waals surface area contributed by atoms with Crippen LogP contribution in [-0.2, 0) is 23.7 Å². The van der Waals surface area contributed by atoms with Crippen molar-refractivity contribution in [2.75, 3.05) is 19.8 Å². The van der Waals surface area contributed by atoms with Gasteiger partial charge in [0, 0.05) is 19.3 Å². The second-order valence-electron chi connectivity index (χ2n) is 19.2. The van der Waals surface area contributed by atoms with Crippen LogP contribution < -0.4 is 5.32 Å². The number of ether oxygens (including phenoxy) is 4. The fourth-order valence-corrected chi connectivity index (χ4v) is 9.08. The molecule has 0 aromatic heterocycles. The van der Waals surface area contributed by atoms with Crippen LogP contribution in [0, 0.1) is 0 Å². The topological polar surface area (TPSA) is 248 Å². The van der Waals surface area contributed by atoms with Gasteiger partial charge < -0.3 is 70.2 Å². The molecule has 15 nitrogen and oxygen atoms in total. The van der Waals surface area contributed by atoms with Crippen LogP contribution in [0.25, 0.3) is 0 Å². The Morgan fingerprint density at radius 1 is 0.615 bits per heavy atom. The number of rotatable bonds is 41. The molecule has 0 radical (unpaired) electrons. The van der Waals surface area contributed by atoms with E-state index >= 15 is 0 Å². The summed E-state index contributed by atoms with van der Waals surface area (Å²) in [5, 5.41) is 98.0. The minimum Gasteiger partial charge on any atom is -0.394 e. The summed E-state index contributed by atoms with van der Waals surface area (Å²) in [6.07, 6.45) is 15.7. The molecule has 2 rings (SSSR count). The molecule has 2 aliphatic rings. The van der Waals surface area contributed by atoms with Crippen molar-refractivity contribution < 1.29 is 69.7 Å². The molecule has 0 aromatic carbocycles. The van der Waals surface area contributed by atoms with Gasteiger partial charge in [0.05, 0.1) is 44.2 Å². The molecule has 0 spiro atoms. The second-order valence-corrected chi connectivity index (χ2v) is 19.2. The highest BCUT2D eigenvalue weighted by Crippen LogP contribution is 2.31. The van der Waals surface area contributed by atoms with Gasteiger partial charge in [-0.25, -0.2) is 0 Å². The lowest BCUT2D eigenvalue weighted by molar-refractivity contribution is -0.341. The third-order valence-electron chi connectivity index (χ3n) is 13.3. The molecule has 3 unspecified atom stereocenters. The van der Waals surface area contributed by atoms with E-state index in [9.17, 15) is 50.8 Å². The number of hydrogen-bond acceptors (Lipinski definition) is 14. The Morgan fingerprint density at radius 3 is 1.57 bits per heavy atom. The van der Waals surface area contributed by atoms with Crippen LogP contribution in [-0.4, -0.2) is 151 Å². The molecule has 65 heavy (non-hydrogen) atoms. The Labute approximate surface area is 392 Å². The first-order valence-corrected chi connectivity index (χ1v) is 26.3. The normalized spacial score (nSPS) is 26.1. The van der Waals surface area contributed by atoms with Crippen molar-refractivity contribution in [3.63, 3.8) is 0 Å². The van der Waals surface area contributed by atoms with E-state index in [4.69, 9.17) is 18.9 Å². The smallest absolute Gasteiger partial charge is 0.220 e. The SMILES string of the molecule is CCCCCCCCCCCCCCCCCC(=O)N[C@@H](CO[C@@H]1OC(CO)[C@H](O)[C@H](O[C@@H]2CC(O)C[C@@H]([C@H](O)[C@@H](O)CO)O2)C1O)[C@H](O)[C@H](O)CCCCCCCCCCCCCC. The van der Waals surface area contributed by atoms with Crippen LogP contribution in [0.1, 0.15) is 213 Å². The van der Waals surface area contributed by atoms with Crippen molar-refractivity contribution in [3.8, 4) is 0 Å². The van der Waals surface area contributed by atoms with Crippen molar-refractivity contribution in [2.24, 2.45) is 0 Å². The van der Waals surface area contributed by atoms with E-state index in [0.29, 0.717) is 19.3 Å². The summed E-state index contributed by atoms with van der Waals surface area (Å²) in [6.45, 7) is 2.64. The van der Waals surface area contributed by atoms with E-state index < -0.39 is 99.5 Å². The van der Waals surface area contributed by atoms with Gasteiger partial charge in [0.1, 0.15) is 42.7 Å². The third kappa shape index (κ3) is 25.9. The number of aliphatic hydroxyl groups is 9. The number of amides is 1. The number of unbranched alkanes of at least 4 members (excludes halogenated alkanes) is 25. The van der Waals surface area contributed by atoms with Gasteiger partial charge >= 0.3 is 0 Å². The summed E-state index contributed by atoms with van der Waals surface area (Å²) in [5.41, 5.74) is 0. The standard InChI is InChI=1S/C50H97NO14/c1-3-5-7-9-11-13-15-17-18-19-21-23-25-27-29-31-43(57)51-38(45(58)39(55)30-28-26-24-22-20-16-14-12-10-8-6-4-2)36-62-50-48(61)49(47(60)42(35-53)64-50)65-44-33-37(54)32-41(63-44)46(59)40(56)34-52/h37-42,44-50,52-56,58-61H,3-36H2,1-2H3,(H,51,57)/t37?,38-,39+,40-,41-,42?,44+,45-,46+,47-,48?,49-,50+/m0/s1. The molecule has 386 valence electrons. The fourth-order valence-electron chi connectivity index (χ4n) is 9.08. The highest BCUT2D eigenvalue weighted by atomic mass is 16.7. The molecule has 0 aromatic rings. The first-order chi connectivity index (χ1) is 31.5. The van der Waals surface area contributed by atoms with Crippen LogP contribution in [0.5, 0.6) is 0 Å². The largest absolute Gasteiger partial charge is 0.394 e. The third-order valence-corrected chi connectivity index (χ3v) is 13.3. The zero-order valence-corrected chi connectivity index (χ0v) is 40.6. The van der Waals surface area contributed by atoms with Crippen LogP contribution in [0.3, 0.4) is 0 Å². The van der Waals surface area contributed by atoms with Gasteiger partial charge in [-0.05, 0) is 12.8 Å². The second kappa shape index (κ2) is 37.8. The molecule has 0 bridgehead atoms. The molecule has 0 saturated carbocycles. The van der Waals surface area contributed by atoms with Crippen molar-refractivity contribution in [1.82, 2.24) is 5.32 Å². The Balaban J connectivity index is 1.93. The Kier molecular flexibility index (Phi) is 34.9. The Hall–Kier alpha value is -1.05. The summed E-state index contributed by atoms with van der Waals surface area (Å²) in [7, 11) is 0. The molecule has 10 N–H and O–H groups in total. The fraction of sp³-hybridized carbons (Fsp3) is 0.980. The summed E-state index contributed by atoms with van der Waals surface area (Å²) in [5.74, 6) is -0.309. The van der Waals surface area contributed by atoms with Gasteiger partial charge in [-0.2, -0.15) is 0 Å². The van der Waals surface area contributed by atoms with Crippen LogP contribution in [0.2, 0.25) is 0 Å². The van der Waals surface area contributed by atoms with Crippen LogP contribution in [0.15, 0.2) is 0 Å². The number of carbonyl (C=O) groups excluding carboxylic acids is 1. The zero-order chi connectivity index (χ0) is 47.7. The molecule has 2 fully saturated rings. The van der Waals surface area contributed by atoms with E-state index in [1.165, 1.54) is 122 Å². The summed E-state index contributed by atoms with van der Waals surface area (Å²) >= 11 is 0. The predicted octanol–water partition coefficient (Wildman–Crippen LogP) is 5.97. The molecule has 1 amide bonds. The lowest BCUT2D eigenvalue weighted by atomic mass is 9.96. The first-order valence-electron chi connectivity index (χ1n) is 26.3. The predicted molar refractivity (Wildman–Crippen MR) is 251 cm³/mol. The highest BCUT2D eigenvalue weighted by molar-refractivity contribution is 5.76. The molecule has 2 saturated heterocycles. The summed E-state index contributed by atoms with van der Waals surface area (Å²) < 4.78 is 23.3. The molecular weight excluding hydrogens is 839 g/mol. The molecule has 15 heteroatoms. The number of aliphatic hydroxyl groups excluding tert-OH is 9. The Morgan fingerprint density at radius 2 is 1.09 bits per heavy atom. The maximum atomic E-state index is 13.3. The first kappa shape index (κ1) is 60.1. The zero-order valence-electron chi connectivity index (χ0n) is 40.6. The highest BCUT2D eigenvalue weighted by Gasteiger charge is 2.48. The van der Waals surface area contributed by atoms with Crippen LogP contribution in [0.4, 0.5) is 0 Å². The van der Waals surface area contributed by atoms with E-state index in [1.54, 1.807) is 0 Å². The molecule has 2 aliphatic heterocycles. The van der Waals surface area contributed by atoms with Crippen molar-refractivity contribution >= 4 is 5.91 Å².